The lowest BCUT2D eigenvalue weighted by Crippen LogP contribution is -2.23. The van der Waals surface area contributed by atoms with Gasteiger partial charge in [-0.25, -0.2) is 0 Å². The van der Waals surface area contributed by atoms with E-state index in [0.717, 1.165) is 6.42 Å². The van der Waals surface area contributed by atoms with Crippen molar-refractivity contribution in [2.24, 2.45) is 5.41 Å². The minimum Gasteiger partial charge on any atom is -0.187 e. The van der Waals surface area contributed by atoms with Crippen LogP contribution in [0, 0.1) is 11.5 Å². The fraction of sp³-hybridized carbons (Fsp3) is 0.900. The Morgan fingerprint density at radius 1 is 1.27 bits per heavy atom. The van der Waals surface area contributed by atoms with E-state index < -0.39 is 0 Å². The molecule has 1 aliphatic rings. The van der Waals surface area contributed by atoms with Crippen molar-refractivity contribution >= 4 is 0 Å². The van der Waals surface area contributed by atoms with Gasteiger partial charge in [-0.3, -0.25) is 0 Å². The molecule has 1 saturated heterocycles. The number of rotatable bonds is 0. The van der Waals surface area contributed by atoms with Crippen molar-refractivity contribution in [1.82, 2.24) is 0 Å². The van der Waals surface area contributed by atoms with Crippen molar-refractivity contribution in [3.8, 4) is 0 Å². The van der Waals surface area contributed by atoms with E-state index in [4.69, 9.17) is 4.74 Å². The van der Waals surface area contributed by atoms with Crippen LogP contribution in [-0.2, 0) is 4.74 Å². The second-order valence-electron chi connectivity index (χ2n) is 5.03. The summed E-state index contributed by atoms with van der Waals surface area (Å²) in [5, 5.41) is 0. The van der Waals surface area contributed by atoms with Crippen LogP contribution in [0.3, 0.4) is 0 Å². The first-order chi connectivity index (χ1) is 4.81. The smallest absolute Gasteiger partial charge is 0.187 e. The summed E-state index contributed by atoms with van der Waals surface area (Å²) in [6.07, 6.45) is 3.57. The Morgan fingerprint density at radius 2 is 1.82 bits per heavy atom. The lowest BCUT2D eigenvalue weighted by atomic mass is 9.87. The van der Waals surface area contributed by atoms with Crippen LogP contribution in [0.15, 0.2) is 0 Å². The average molecular weight is 155 g/mol. The molecule has 1 heterocycles. The molecule has 0 amide bonds. The molecule has 0 atom stereocenters. The zero-order valence-electron chi connectivity index (χ0n) is 8.32. The third-order valence-corrected chi connectivity index (χ3v) is 2.19. The normalized spacial score (nSPS) is 24.3. The second-order valence-corrected chi connectivity index (χ2v) is 5.03. The van der Waals surface area contributed by atoms with Crippen LogP contribution in [0.5, 0.6) is 0 Å². The molecule has 1 fully saturated rings. The van der Waals surface area contributed by atoms with E-state index in [0.29, 0.717) is 0 Å². The summed E-state index contributed by atoms with van der Waals surface area (Å²) in [5.41, 5.74) is 0.316. The minimum absolute atomic E-state index is 0.0859. The predicted molar refractivity (Wildman–Crippen MR) is 47.1 cm³/mol. The molecule has 0 saturated carbocycles. The summed E-state index contributed by atoms with van der Waals surface area (Å²) in [4.78, 5) is 0. The summed E-state index contributed by atoms with van der Waals surface area (Å²) < 4.78 is 5.83. The van der Waals surface area contributed by atoms with Gasteiger partial charge in [0.1, 0.15) is 17.4 Å². The molecule has 0 spiro atoms. The van der Waals surface area contributed by atoms with Crippen molar-refractivity contribution in [2.45, 2.75) is 53.1 Å². The Kier molecular flexibility index (Phi) is 1.96. The predicted octanol–water partition coefficient (Wildman–Crippen LogP) is 3.15. The highest BCUT2D eigenvalue weighted by atomic mass is 16.5. The molecule has 0 bridgehead atoms. The first-order valence-corrected chi connectivity index (χ1v) is 4.37. The summed E-state index contributed by atoms with van der Waals surface area (Å²) in [6, 6.07) is 0. The molecule has 0 aromatic heterocycles. The van der Waals surface area contributed by atoms with Crippen LogP contribution in [-0.4, -0.2) is 5.60 Å². The molecule has 0 unspecified atom stereocenters. The molecule has 64 valence electrons. The van der Waals surface area contributed by atoms with Crippen LogP contribution >= 0.6 is 0 Å². The maximum absolute atomic E-state index is 5.83. The molecule has 0 aliphatic carbocycles. The van der Waals surface area contributed by atoms with Gasteiger partial charge in [0.15, 0.2) is 0 Å². The molecule has 0 radical (unpaired) electrons. The Labute approximate surface area is 70.1 Å². The monoisotopic (exact) mass is 155 g/mol. The Morgan fingerprint density at radius 3 is 2.00 bits per heavy atom. The van der Waals surface area contributed by atoms with Crippen molar-refractivity contribution in [1.29, 1.82) is 0 Å². The quantitative estimate of drug-likeness (QED) is 0.488. The highest BCUT2D eigenvalue weighted by molar-refractivity contribution is 5.00. The molecule has 0 N–H and O–H groups in total. The van der Waals surface area contributed by atoms with Crippen LogP contribution in [0.2, 0.25) is 0 Å². The van der Waals surface area contributed by atoms with Gasteiger partial charge in [0.2, 0.25) is 6.10 Å². The number of hydrogen-bond donors (Lipinski definition) is 0. The van der Waals surface area contributed by atoms with E-state index in [1.807, 2.05) is 0 Å². The average Bonchev–Trinajstić information content (AvgIpc) is 2.07. The summed E-state index contributed by atoms with van der Waals surface area (Å²) in [6.45, 7) is 11.0. The number of ether oxygens (including phenoxy) is 1. The van der Waals surface area contributed by atoms with E-state index in [-0.39, 0.29) is 11.0 Å². The first kappa shape index (κ1) is 8.92. The molecule has 11 heavy (non-hydrogen) atoms. The first-order valence-electron chi connectivity index (χ1n) is 4.37. The largest absolute Gasteiger partial charge is 0.247 e. The molecular weight excluding hydrogens is 136 g/mol. The third-order valence-electron chi connectivity index (χ3n) is 2.19. The van der Waals surface area contributed by atoms with Gasteiger partial charge < -0.3 is 0 Å². The maximum atomic E-state index is 5.83. The molecule has 1 heteroatoms. The fourth-order valence-electron chi connectivity index (χ4n) is 1.38. The van der Waals surface area contributed by atoms with Crippen molar-refractivity contribution in [3.05, 3.63) is 6.10 Å². The van der Waals surface area contributed by atoms with Crippen molar-refractivity contribution in [2.75, 3.05) is 0 Å². The maximum Gasteiger partial charge on any atom is 0.247 e. The van der Waals surface area contributed by atoms with E-state index in [1.54, 1.807) is 0 Å². The molecule has 0 aromatic carbocycles. The second kappa shape index (κ2) is 2.41. The van der Waals surface area contributed by atoms with Gasteiger partial charge in [0, 0.05) is 6.42 Å². The Bertz CT molecular complexity index is 141. The van der Waals surface area contributed by atoms with Gasteiger partial charge in [-0.15, -0.1) is 0 Å². The van der Waals surface area contributed by atoms with E-state index in [1.165, 1.54) is 12.5 Å². The highest BCUT2D eigenvalue weighted by Crippen LogP contribution is 2.43. The Balaban J connectivity index is 2.55. The zero-order chi connectivity index (χ0) is 8.70. The standard InChI is InChI=1S/C10H19O/c1-9(2,3)8-6-7-10(4,5)11-8/h6-7H2,1-5H3/q+1. The topological polar surface area (TPSA) is 9.23 Å². The highest BCUT2D eigenvalue weighted by Gasteiger charge is 2.49. The van der Waals surface area contributed by atoms with Gasteiger partial charge in [-0.2, -0.15) is 4.74 Å². The lowest BCUT2D eigenvalue weighted by molar-refractivity contribution is 0.00475. The van der Waals surface area contributed by atoms with Crippen LogP contribution in [0.4, 0.5) is 0 Å². The van der Waals surface area contributed by atoms with Crippen LogP contribution in [0.25, 0.3) is 0 Å². The van der Waals surface area contributed by atoms with Crippen LogP contribution in [0.1, 0.15) is 47.5 Å². The third kappa shape index (κ3) is 2.13. The van der Waals surface area contributed by atoms with E-state index >= 15 is 0 Å². The van der Waals surface area contributed by atoms with Gasteiger partial charge in [-0.05, 0) is 34.6 Å². The minimum atomic E-state index is 0.0859. The summed E-state index contributed by atoms with van der Waals surface area (Å²) in [7, 11) is 0. The summed E-state index contributed by atoms with van der Waals surface area (Å²) in [5.74, 6) is 0. The zero-order valence-corrected chi connectivity index (χ0v) is 8.32. The van der Waals surface area contributed by atoms with Crippen molar-refractivity contribution < 1.29 is 4.74 Å². The van der Waals surface area contributed by atoms with Gasteiger partial charge in [-0.1, -0.05) is 0 Å². The SMILES string of the molecule is CC1(C)CC[C+](C(C)(C)C)O1. The molecule has 1 aliphatic heterocycles. The van der Waals surface area contributed by atoms with Gasteiger partial charge in [0.05, 0.1) is 0 Å². The molecule has 1 nitrogen and oxygen atoms in total. The molecule has 1 rings (SSSR count). The fourth-order valence-corrected chi connectivity index (χ4v) is 1.38. The molecular formula is C10H19O+. The van der Waals surface area contributed by atoms with E-state index in [9.17, 15) is 0 Å². The van der Waals surface area contributed by atoms with Crippen LogP contribution < -0.4 is 0 Å². The van der Waals surface area contributed by atoms with E-state index in [2.05, 4.69) is 34.6 Å². The number of hydrogen-bond acceptors (Lipinski definition) is 1. The lowest BCUT2D eigenvalue weighted by Gasteiger charge is -2.16. The molecule has 0 aromatic rings. The van der Waals surface area contributed by atoms with Crippen molar-refractivity contribution in [3.63, 3.8) is 0 Å². The summed E-state index contributed by atoms with van der Waals surface area (Å²) >= 11 is 0. The van der Waals surface area contributed by atoms with Gasteiger partial charge >= 0.3 is 0 Å². The van der Waals surface area contributed by atoms with Gasteiger partial charge in [0.25, 0.3) is 0 Å². The Hall–Kier alpha value is -0.170.